The zero-order valence-corrected chi connectivity index (χ0v) is 15.5. The Kier molecular flexibility index (Phi) is 5.25. The molecule has 0 aromatic heterocycles. The predicted molar refractivity (Wildman–Crippen MR) is 99.0 cm³/mol. The van der Waals surface area contributed by atoms with Crippen molar-refractivity contribution < 1.29 is 22.8 Å². The van der Waals surface area contributed by atoms with Crippen LogP contribution in [0, 0.1) is 0 Å². The van der Waals surface area contributed by atoms with Crippen LogP contribution in [0.15, 0.2) is 42.5 Å². The minimum absolute atomic E-state index is 0.208. The number of hydrogen-bond acceptors (Lipinski definition) is 2. The summed E-state index contributed by atoms with van der Waals surface area (Å²) in [6, 6.07) is 7.22. The van der Waals surface area contributed by atoms with E-state index in [1.54, 1.807) is 25.1 Å². The van der Waals surface area contributed by atoms with Gasteiger partial charge in [-0.3, -0.25) is 4.79 Å². The Morgan fingerprint density at radius 3 is 2.64 bits per heavy atom. The van der Waals surface area contributed by atoms with Crippen molar-refractivity contribution in [2.75, 3.05) is 4.90 Å². The molecule has 9 heteroatoms. The summed E-state index contributed by atoms with van der Waals surface area (Å²) in [6.45, 7) is 1.62. The molecule has 2 aromatic rings. The number of urea groups is 1. The van der Waals surface area contributed by atoms with E-state index in [0.717, 1.165) is 17.7 Å². The number of rotatable bonds is 3. The minimum Gasteiger partial charge on any atom is -0.352 e. The van der Waals surface area contributed by atoms with Crippen LogP contribution in [0.1, 0.15) is 29.7 Å². The van der Waals surface area contributed by atoms with Crippen molar-refractivity contribution in [3.05, 3.63) is 64.2 Å². The molecule has 0 fully saturated rings. The number of anilines is 1. The molecule has 0 aliphatic carbocycles. The van der Waals surface area contributed by atoms with E-state index in [0.29, 0.717) is 16.3 Å². The third-order valence-corrected chi connectivity index (χ3v) is 4.90. The molecular formula is C19H17ClF3N3O2. The van der Waals surface area contributed by atoms with Gasteiger partial charge in [0, 0.05) is 17.1 Å². The van der Waals surface area contributed by atoms with E-state index in [-0.39, 0.29) is 6.42 Å². The first-order valence-electron chi connectivity index (χ1n) is 8.42. The number of halogens is 4. The number of carbonyl (C=O) groups is 2. The quantitative estimate of drug-likeness (QED) is 0.799. The van der Waals surface area contributed by atoms with Crippen molar-refractivity contribution in [2.45, 2.75) is 31.6 Å². The number of hydrogen-bond donors (Lipinski definition) is 2. The van der Waals surface area contributed by atoms with E-state index in [9.17, 15) is 22.8 Å². The molecule has 148 valence electrons. The Morgan fingerprint density at radius 2 is 2.00 bits per heavy atom. The lowest BCUT2D eigenvalue weighted by Gasteiger charge is -2.38. The number of primary amides is 1. The molecule has 2 atom stereocenters. The lowest BCUT2D eigenvalue weighted by Crippen LogP contribution is -2.54. The largest absolute Gasteiger partial charge is 0.416 e. The van der Waals surface area contributed by atoms with Crippen LogP contribution >= 0.6 is 11.6 Å². The van der Waals surface area contributed by atoms with Crippen LogP contribution in [0.5, 0.6) is 0 Å². The van der Waals surface area contributed by atoms with E-state index in [4.69, 9.17) is 17.3 Å². The molecule has 2 aromatic carbocycles. The molecule has 0 spiro atoms. The molecule has 0 saturated carbocycles. The summed E-state index contributed by atoms with van der Waals surface area (Å²) in [7, 11) is 0. The van der Waals surface area contributed by atoms with Crippen molar-refractivity contribution in [3.63, 3.8) is 0 Å². The van der Waals surface area contributed by atoms with Gasteiger partial charge in [-0.2, -0.15) is 13.2 Å². The molecule has 5 nitrogen and oxygen atoms in total. The van der Waals surface area contributed by atoms with E-state index in [2.05, 4.69) is 5.32 Å². The van der Waals surface area contributed by atoms with Crippen LogP contribution in [0.3, 0.4) is 0 Å². The van der Waals surface area contributed by atoms with Gasteiger partial charge in [0.25, 0.3) is 5.91 Å². The Balaban J connectivity index is 2.06. The van der Waals surface area contributed by atoms with Crippen LogP contribution in [-0.2, 0) is 17.4 Å². The average Bonchev–Trinajstić information content (AvgIpc) is 2.61. The van der Waals surface area contributed by atoms with Gasteiger partial charge in [0.2, 0.25) is 0 Å². The lowest BCUT2D eigenvalue weighted by molar-refractivity contribution is -0.137. The van der Waals surface area contributed by atoms with Gasteiger partial charge >= 0.3 is 12.2 Å². The molecular weight excluding hydrogens is 395 g/mol. The lowest BCUT2D eigenvalue weighted by atomic mass is 9.93. The van der Waals surface area contributed by atoms with E-state index < -0.39 is 35.8 Å². The van der Waals surface area contributed by atoms with E-state index >= 15 is 0 Å². The molecule has 0 saturated heterocycles. The van der Waals surface area contributed by atoms with Crippen LogP contribution in [0.2, 0.25) is 5.02 Å². The second-order valence-electron chi connectivity index (χ2n) is 6.55. The Bertz CT molecular complexity index is 933. The van der Waals surface area contributed by atoms with Gasteiger partial charge in [0.1, 0.15) is 6.04 Å². The third-order valence-electron chi connectivity index (χ3n) is 4.67. The summed E-state index contributed by atoms with van der Waals surface area (Å²) < 4.78 is 39.3. The van der Waals surface area contributed by atoms with Gasteiger partial charge in [-0.05, 0) is 42.3 Å². The molecule has 3 rings (SSSR count). The molecule has 0 unspecified atom stereocenters. The van der Waals surface area contributed by atoms with Crippen molar-refractivity contribution in [1.29, 1.82) is 0 Å². The summed E-state index contributed by atoms with van der Waals surface area (Å²) in [6.07, 6.45) is -4.29. The first-order chi connectivity index (χ1) is 13.1. The van der Waals surface area contributed by atoms with Crippen LogP contribution < -0.4 is 16.0 Å². The normalized spacial score (nSPS) is 17.8. The molecule has 0 bridgehead atoms. The van der Waals surface area contributed by atoms with Crippen LogP contribution in [0.25, 0.3) is 0 Å². The monoisotopic (exact) mass is 411 g/mol. The molecule has 3 N–H and O–H groups in total. The summed E-state index contributed by atoms with van der Waals surface area (Å²) >= 11 is 6.07. The van der Waals surface area contributed by atoms with Crippen molar-refractivity contribution >= 4 is 29.2 Å². The second-order valence-corrected chi connectivity index (χ2v) is 6.98. The van der Waals surface area contributed by atoms with Gasteiger partial charge < -0.3 is 16.0 Å². The highest BCUT2D eigenvalue weighted by Gasteiger charge is 2.37. The number of nitrogens with zero attached hydrogens (tertiary/aromatic N) is 1. The molecule has 1 aliphatic heterocycles. The molecule has 1 heterocycles. The number of amides is 3. The minimum atomic E-state index is -4.50. The smallest absolute Gasteiger partial charge is 0.352 e. The van der Waals surface area contributed by atoms with Gasteiger partial charge in [0.05, 0.1) is 11.6 Å². The summed E-state index contributed by atoms with van der Waals surface area (Å²) in [5.41, 5.74) is 5.87. The molecule has 0 radical (unpaired) electrons. The Labute approximate surface area is 164 Å². The summed E-state index contributed by atoms with van der Waals surface area (Å²) in [4.78, 5) is 25.6. The number of benzene rings is 2. The van der Waals surface area contributed by atoms with E-state index in [1.165, 1.54) is 17.0 Å². The zero-order valence-electron chi connectivity index (χ0n) is 14.8. The maximum atomic E-state index is 13.1. The highest BCUT2D eigenvalue weighted by Crippen LogP contribution is 2.38. The van der Waals surface area contributed by atoms with Crippen molar-refractivity contribution in [3.8, 4) is 0 Å². The maximum absolute atomic E-state index is 13.1. The van der Waals surface area contributed by atoms with Crippen molar-refractivity contribution in [2.24, 2.45) is 5.73 Å². The van der Waals surface area contributed by atoms with Crippen molar-refractivity contribution in [1.82, 2.24) is 5.32 Å². The SMILES string of the molecule is C[C@@H](c1cccc(C(F)(F)F)c1)N1C(=O)[C@H](NC(N)=O)Cc2ccc(Cl)cc21. The predicted octanol–water partition coefficient (Wildman–Crippen LogP) is 4.05. The molecule has 1 aliphatic rings. The number of nitrogens with two attached hydrogens (primary N) is 1. The fourth-order valence-corrected chi connectivity index (χ4v) is 3.50. The van der Waals surface area contributed by atoms with Gasteiger partial charge in [-0.1, -0.05) is 29.8 Å². The number of nitrogens with one attached hydrogen (secondary N) is 1. The molecule has 3 amide bonds. The summed E-state index contributed by atoms with van der Waals surface area (Å²) in [5, 5.41) is 2.78. The Morgan fingerprint density at radius 1 is 1.29 bits per heavy atom. The first-order valence-corrected chi connectivity index (χ1v) is 8.80. The first kappa shape index (κ1) is 20.0. The maximum Gasteiger partial charge on any atom is 0.416 e. The fourth-order valence-electron chi connectivity index (χ4n) is 3.34. The highest BCUT2D eigenvalue weighted by molar-refractivity contribution is 6.31. The third kappa shape index (κ3) is 3.91. The zero-order chi connectivity index (χ0) is 20.6. The second kappa shape index (κ2) is 7.35. The summed E-state index contributed by atoms with van der Waals surface area (Å²) in [5.74, 6) is -0.474. The van der Waals surface area contributed by atoms with Gasteiger partial charge in [-0.25, -0.2) is 4.79 Å². The number of fused-ring (bicyclic) bond motifs is 1. The molecule has 28 heavy (non-hydrogen) atoms. The fraction of sp³-hybridized carbons (Fsp3) is 0.263. The number of alkyl halides is 3. The standard InChI is InChI=1S/C19H17ClF3N3O2/c1-10(11-3-2-4-13(7-11)19(21,22)23)26-16-9-14(20)6-5-12(16)8-15(17(26)27)25-18(24)28/h2-7,9-10,15H,8H2,1H3,(H3,24,25,28)/t10-,15+/m0/s1. The van der Waals surface area contributed by atoms with Gasteiger partial charge in [-0.15, -0.1) is 0 Å². The van der Waals surface area contributed by atoms with E-state index in [1.807, 2.05) is 0 Å². The highest BCUT2D eigenvalue weighted by atomic mass is 35.5. The van der Waals surface area contributed by atoms with Crippen LogP contribution in [0.4, 0.5) is 23.7 Å². The van der Waals surface area contributed by atoms with Gasteiger partial charge in [0.15, 0.2) is 0 Å². The van der Waals surface area contributed by atoms with Crippen LogP contribution in [-0.4, -0.2) is 18.0 Å². The topological polar surface area (TPSA) is 75.4 Å². The number of carbonyl (C=O) groups excluding carboxylic acids is 2. The Hall–Kier alpha value is -2.74. The average molecular weight is 412 g/mol.